The lowest BCUT2D eigenvalue weighted by Crippen LogP contribution is -2.45. The molecule has 1 saturated heterocycles. The Balaban J connectivity index is 2.13. The van der Waals surface area contributed by atoms with Gasteiger partial charge in [0.1, 0.15) is 0 Å². The van der Waals surface area contributed by atoms with Crippen LogP contribution in [0.1, 0.15) is 23.6 Å². The van der Waals surface area contributed by atoms with Crippen molar-refractivity contribution >= 4 is 11.6 Å². The summed E-state index contributed by atoms with van der Waals surface area (Å²) in [6.07, 6.45) is -4.33. The Morgan fingerprint density at radius 1 is 1.10 bits per heavy atom. The highest BCUT2D eigenvalue weighted by atomic mass is 35.5. The first-order chi connectivity index (χ1) is 9.94. The van der Waals surface area contributed by atoms with Crippen LogP contribution in [0.5, 0.6) is 0 Å². The minimum Gasteiger partial charge on any atom is -0.301 e. The van der Waals surface area contributed by atoms with Gasteiger partial charge in [0.25, 0.3) is 0 Å². The number of hydrogen-bond donors (Lipinski definition) is 0. The van der Waals surface area contributed by atoms with E-state index in [9.17, 15) is 13.2 Å². The molecule has 1 aromatic rings. The first-order valence-electron chi connectivity index (χ1n) is 7.13. The van der Waals surface area contributed by atoms with Crippen molar-refractivity contribution in [2.24, 2.45) is 0 Å². The van der Waals surface area contributed by atoms with Crippen LogP contribution in [-0.4, -0.2) is 42.5 Å². The van der Waals surface area contributed by atoms with Gasteiger partial charge in [-0.15, -0.1) is 11.6 Å². The van der Waals surface area contributed by atoms with Crippen molar-refractivity contribution in [1.29, 1.82) is 0 Å². The summed E-state index contributed by atoms with van der Waals surface area (Å²) in [5.41, 5.74) is 0.281. The quantitative estimate of drug-likeness (QED) is 0.782. The average molecular weight is 321 g/mol. The molecule has 0 aliphatic carbocycles. The van der Waals surface area contributed by atoms with E-state index in [0.29, 0.717) is 17.7 Å². The Hall–Kier alpha value is -0.780. The van der Waals surface area contributed by atoms with Gasteiger partial charge in [-0.25, -0.2) is 0 Å². The first-order valence-corrected chi connectivity index (χ1v) is 7.67. The van der Waals surface area contributed by atoms with E-state index in [1.54, 1.807) is 12.1 Å². The maximum Gasteiger partial charge on any atom is 0.416 e. The summed E-state index contributed by atoms with van der Waals surface area (Å²) >= 11 is 5.64. The number of benzene rings is 1. The van der Waals surface area contributed by atoms with Gasteiger partial charge in [-0.1, -0.05) is 19.1 Å². The zero-order valence-electron chi connectivity index (χ0n) is 12.1. The summed E-state index contributed by atoms with van der Waals surface area (Å²) in [6.45, 7) is 6.88. The van der Waals surface area contributed by atoms with Gasteiger partial charge in [0.05, 0.1) is 5.56 Å². The second-order valence-electron chi connectivity index (χ2n) is 5.33. The smallest absolute Gasteiger partial charge is 0.301 e. The van der Waals surface area contributed by atoms with Gasteiger partial charge in [-0.05, 0) is 23.7 Å². The van der Waals surface area contributed by atoms with E-state index < -0.39 is 11.7 Å². The topological polar surface area (TPSA) is 6.48 Å². The molecule has 21 heavy (non-hydrogen) atoms. The van der Waals surface area contributed by atoms with E-state index in [1.807, 2.05) is 0 Å². The van der Waals surface area contributed by atoms with Crippen LogP contribution in [0.4, 0.5) is 13.2 Å². The van der Waals surface area contributed by atoms with Crippen molar-refractivity contribution in [3.05, 3.63) is 34.9 Å². The minimum absolute atomic E-state index is 0.0958. The summed E-state index contributed by atoms with van der Waals surface area (Å²) < 4.78 is 39.5. The molecule has 0 bridgehead atoms. The minimum atomic E-state index is -4.33. The van der Waals surface area contributed by atoms with E-state index >= 15 is 0 Å². The Kier molecular flexibility index (Phi) is 5.52. The molecule has 6 heteroatoms. The molecule has 2 rings (SSSR count). The Bertz CT molecular complexity index is 468. The Morgan fingerprint density at radius 2 is 1.71 bits per heavy atom. The van der Waals surface area contributed by atoms with Crippen LogP contribution in [-0.2, 0) is 18.6 Å². The SMILES string of the molecule is CCN1CCN(Cc2ccc(CCl)cc2C(F)(F)F)CC1. The number of alkyl halides is 4. The third kappa shape index (κ3) is 4.34. The monoisotopic (exact) mass is 320 g/mol. The van der Waals surface area contributed by atoms with E-state index in [0.717, 1.165) is 32.7 Å². The van der Waals surface area contributed by atoms with E-state index in [4.69, 9.17) is 11.6 Å². The fraction of sp³-hybridized carbons (Fsp3) is 0.600. The molecule has 0 saturated carbocycles. The van der Waals surface area contributed by atoms with Crippen LogP contribution >= 0.6 is 11.6 Å². The highest BCUT2D eigenvalue weighted by Gasteiger charge is 2.34. The van der Waals surface area contributed by atoms with Crippen LogP contribution in [0.2, 0.25) is 0 Å². The third-order valence-electron chi connectivity index (χ3n) is 3.94. The average Bonchev–Trinajstić information content (AvgIpc) is 2.47. The number of piperazine rings is 1. The number of likely N-dealkylation sites (N-methyl/N-ethyl adjacent to an activating group) is 1. The molecule has 1 fully saturated rings. The van der Waals surface area contributed by atoms with Crippen molar-refractivity contribution in [1.82, 2.24) is 9.80 Å². The Morgan fingerprint density at radius 3 is 2.24 bits per heavy atom. The maximum atomic E-state index is 13.2. The van der Waals surface area contributed by atoms with Crippen LogP contribution < -0.4 is 0 Å². The van der Waals surface area contributed by atoms with E-state index in [2.05, 4.69) is 16.7 Å². The standard InChI is InChI=1S/C15H20ClF3N2/c1-2-20-5-7-21(8-6-20)11-13-4-3-12(10-16)9-14(13)15(17,18)19/h3-4,9H,2,5-8,10-11H2,1H3. The Labute approximate surface area is 128 Å². The molecular weight excluding hydrogens is 301 g/mol. The predicted molar refractivity (Wildman–Crippen MR) is 78.4 cm³/mol. The molecule has 0 aromatic heterocycles. The molecule has 0 atom stereocenters. The fourth-order valence-electron chi connectivity index (χ4n) is 2.61. The van der Waals surface area contributed by atoms with Crippen molar-refractivity contribution in [2.45, 2.75) is 25.5 Å². The van der Waals surface area contributed by atoms with Gasteiger partial charge in [-0.2, -0.15) is 13.2 Å². The third-order valence-corrected chi connectivity index (χ3v) is 4.25. The van der Waals surface area contributed by atoms with Crippen molar-refractivity contribution in [3.8, 4) is 0 Å². The van der Waals surface area contributed by atoms with Crippen molar-refractivity contribution in [3.63, 3.8) is 0 Å². The first kappa shape index (κ1) is 16.6. The molecule has 0 spiro atoms. The number of hydrogen-bond acceptors (Lipinski definition) is 2. The largest absolute Gasteiger partial charge is 0.416 e. The molecule has 0 amide bonds. The van der Waals surface area contributed by atoms with Gasteiger partial charge in [-0.3, -0.25) is 4.90 Å². The molecule has 0 radical (unpaired) electrons. The van der Waals surface area contributed by atoms with Crippen molar-refractivity contribution < 1.29 is 13.2 Å². The van der Waals surface area contributed by atoms with Crippen molar-refractivity contribution in [2.75, 3.05) is 32.7 Å². The highest BCUT2D eigenvalue weighted by molar-refractivity contribution is 6.17. The predicted octanol–water partition coefficient (Wildman–Crippen LogP) is 3.58. The molecule has 2 nitrogen and oxygen atoms in total. The molecular formula is C15H20ClF3N2. The number of nitrogens with zero attached hydrogens (tertiary/aromatic N) is 2. The van der Waals surface area contributed by atoms with Crippen LogP contribution in [0.25, 0.3) is 0 Å². The summed E-state index contributed by atoms with van der Waals surface area (Å²) in [5, 5.41) is 0. The van der Waals surface area contributed by atoms with Gasteiger partial charge in [0, 0.05) is 38.6 Å². The molecule has 1 aromatic carbocycles. The molecule has 0 N–H and O–H groups in total. The summed E-state index contributed by atoms with van der Waals surface area (Å²) in [4.78, 5) is 4.38. The van der Waals surface area contributed by atoms with Crippen LogP contribution in [0, 0.1) is 0 Å². The van der Waals surface area contributed by atoms with Gasteiger partial charge >= 0.3 is 6.18 Å². The second-order valence-corrected chi connectivity index (χ2v) is 5.60. The van der Waals surface area contributed by atoms with E-state index in [-0.39, 0.29) is 5.88 Å². The lowest BCUT2D eigenvalue weighted by atomic mass is 10.0. The zero-order valence-corrected chi connectivity index (χ0v) is 12.8. The molecule has 0 unspecified atom stereocenters. The summed E-state index contributed by atoms with van der Waals surface area (Å²) in [6, 6.07) is 4.41. The summed E-state index contributed by atoms with van der Waals surface area (Å²) in [5.74, 6) is 0.0958. The van der Waals surface area contributed by atoms with Gasteiger partial charge in [0.15, 0.2) is 0 Å². The zero-order chi connectivity index (χ0) is 15.5. The summed E-state index contributed by atoms with van der Waals surface area (Å²) in [7, 11) is 0. The molecule has 1 heterocycles. The fourth-order valence-corrected chi connectivity index (χ4v) is 2.78. The van der Waals surface area contributed by atoms with Gasteiger partial charge in [0.2, 0.25) is 0 Å². The van der Waals surface area contributed by atoms with Crippen LogP contribution in [0.3, 0.4) is 0 Å². The molecule has 1 aliphatic heterocycles. The normalized spacial score (nSPS) is 18.1. The van der Waals surface area contributed by atoms with E-state index in [1.165, 1.54) is 6.07 Å². The molecule has 118 valence electrons. The van der Waals surface area contributed by atoms with Gasteiger partial charge < -0.3 is 4.90 Å². The highest BCUT2D eigenvalue weighted by Crippen LogP contribution is 2.33. The lowest BCUT2D eigenvalue weighted by Gasteiger charge is -2.34. The molecule has 1 aliphatic rings. The number of rotatable bonds is 4. The number of halogens is 4. The van der Waals surface area contributed by atoms with Crippen LogP contribution in [0.15, 0.2) is 18.2 Å². The maximum absolute atomic E-state index is 13.2. The lowest BCUT2D eigenvalue weighted by molar-refractivity contribution is -0.138. The second kappa shape index (κ2) is 6.99.